The second-order valence-electron chi connectivity index (χ2n) is 2.64. The van der Waals surface area contributed by atoms with Crippen molar-refractivity contribution in [3.8, 4) is 0 Å². The predicted octanol–water partition coefficient (Wildman–Crippen LogP) is -0.0143. The zero-order valence-corrected chi connectivity index (χ0v) is 6.57. The van der Waals surface area contributed by atoms with E-state index in [4.69, 9.17) is 0 Å². The summed E-state index contributed by atoms with van der Waals surface area (Å²) in [5.74, 6) is -0.618. The van der Waals surface area contributed by atoms with Crippen LogP contribution in [0.1, 0.15) is 6.42 Å². The van der Waals surface area contributed by atoms with Gasteiger partial charge in [-0.2, -0.15) is 8.42 Å². The highest BCUT2D eigenvalue weighted by Crippen LogP contribution is 2.12. The van der Waals surface area contributed by atoms with Crippen molar-refractivity contribution in [2.24, 2.45) is 0 Å². The second-order valence-corrected chi connectivity index (χ2v) is 4.05. The number of alkyl halides is 1. The van der Waals surface area contributed by atoms with Gasteiger partial charge in [-0.1, -0.05) is 0 Å². The normalized spacial score (nSPS) is 32.5. The van der Waals surface area contributed by atoms with Gasteiger partial charge in [-0.3, -0.25) is 0 Å². The third-order valence-electron chi connectivity index (χ3n) is 1.57. The van der Waals surface area contributed by atoms with Crippen molar-refractivity contribution >= 4 is 10.2 Å². The van der Waals surface area contributed by atoms with Crippen molar-refractivity contribution in [3.63, 3.8) is 0 Å². The summed E-state index contributed by atoms with van der Waals surface area (Å²) in [5.41, 5.74) is 0. The van der Waals surface area contributed by atoms with Crippen molar-refractivity contribution < 1.29 is 16.7 Å². The van der Waals surface area contributed by atoms with Gasteiger partial charge in [-0.25, -0.2) is 4.39 Å². The molecule has 11 heavy (non-hydrogen) atoms. The first kappa shape index (κ1) is 8.86. The molecule has 1 fully saturated rings. The molecule has 2 atom stereocenters. The van der Waals surface area contributed by atoms with Gasteiger partial charge >= 0.3 is 10.2 Å². The Bertz CT molecular complexity index is 229. The van der Waals surface area contributed by atoms with Gasteiger partial charge in [0.15, 0.2) is 0 Å². The standard InChI is InChI=1S/C5H9F2NO2S/c6-4-1-5(8-2-4)3-11(7,9)10/h4-5,8H,1-3H2. The van der Waals surface area contributed by atoms with Crippen LogP contribution in [0.3, 0.4) is 0 Å². The van der Waals surface area contributed by atoms with E-state index in [1.807, 2.05) is 0 Å². The van der Waals surface area contributed by atoms with Crippen LogP contribution in [0.25, 0.3) is 0 Å². The molecule has 0 spiro atoms. The number of rotatable bonds is 2. The Labute approximate surface area is 64.0 Å². The summed E-state index contributed by atoms with van der Waals surface area (Å²) in [7, 11) is -4.46. The Hall–Kier alpha value is -0.230. The smallest absolute Gasteiger partial charge is 0.303 e. The van der Waals surface area contributed by atoms with Crippen LogP contribution in [0, 0.1) is 0 Å². The van der Waals surface area contributed by atoms with E-state index in [9.17, 15) is 16.7 Å². The molecule has 0 amide bonds. The molecule has 1 aliphatic rings. The Morgan fingerprint density at radius 2 is 2.18 bits per heavy atom. The quantitative estimate of drug-likeness (QED) is 0.615. The van der Waals surface area contributed by atoms with Crippen LogP contribution in [0.4, 0.5) is 8.28 Å². The van der Waals surface area contributed by atoms with Crippen molar-refractivity contribution in [2.75, 3.05) is 12.3 Å². The minimum Gasteiger partial charge on any atom is -0.310 e. The molecular weight excluding hydrogens is 176 g/mol. The molecule has 0 bridgehead atoms. The lowest BCUT2D eigenvalue weighted by atomic mass is 10.2. The fourth-order valence-corrected chi connectivity index (χ4v) is 1.87. The summed E-state index contributed by atoms with van der Waals surface area (Å²) in [4.78, 5) is 0. The largest absolute Gasteiger partial charge is 0.310 e. The Balaban J connectivity index is 2.41. The highest BCUT2D eigenvalue weighted by atomic mass is 32.3. The topological polar surface area (TPSA) is 46.2 Å². The van der Waals surface area contributed by atoms with Gasteiger partial charge in [0.25, 0.3) is 0 Å². The lowest BCUT2D eigenvalue weighted by molar-refractivity contribution is 0.357. The molecule has 3 nitrogen and oxygen atoms in total. The molecule has 1 N–H and O–H groups in total. The van der Waals surface area contributed by atoms with Crippen LogP contribution in [0.15, 0.2) is 0 Å². The van der Waals surface area contributed by atoms with Crippen molar-refractivity contribution in [3.05, 3.63) is 0 Å². The molecule has 0 aromatic carbocycles. The summed E-state index contributed by atoms with van der Waals surface area (Å²) in [6.45, 7) is 0.125. The molecule has 1 rings (SSSR count). The Morgan fingerprint density at radius 3 is 2.55 bits per heavy atom. The van der Waals surface area contributed by atoms with E-state index in [0.29, 0.717) is 0 Å². The van der Waals surface area contributed by atoms with Crippen molar-refractivity contribution in [1.82, 2.24) is 5.32 Å². The van der Waals surface area contributed by atoms with E-state index in [-0.39, 0.29) is 13.0 Å². The minimum atomic E-state index is -4.46. The molecule has 66 valence electrons. The Morgan fingerprint density at radius 1 is 1.55 bits per heavy atom. The maximum Gasteiger partial charge on any atom is 0.303 e. The third kappa shape index (κ3) is 3.11. The van der Waals surface area contributed by atoms with E-state index >= 15 is 0 Å². The van der Waals surface area contributed by atoms with E-state index in [2.05, 4.69) is 5.32 Å². The predicted molar refractivity (Wildman–Crippen MR) is 36.2 cm³/mol. The SMILES string of the molecule is O=S(=O)(F)CC1CC(F)CN1. The lowest BCUT2D eigenvalue weighted by Crippen LogP contribution is -2.28. The van der Waals surface area contributed by atoms with Crippen molar-refractivity contribution in [1.29, 1.82) is 0 Å². The lowest BCUT2D eigenvalue weighted by Gasteiger charge is -2.03. The molecule has 1 aliphatic heterocycles. The summed E-state index contributed by atoms with van der Waals surface area (Å²) in [6.07, 6.45) is -0.954. The van der Waals surface area contributed by atoms with Crippen LogP contribution in [-0.2, 0) is 10.2 Å². The highest BCUT2D eigenvalue weighted by Gasteiger charge is 2.27. The van der Waals surface area contributed by atoms with Gasteiger partial charge in [-0.15, -0.1) is 3.89 Å². The molecule has 0 saturated carbocycles. The van der Waals surface area contributed by atoms with Crippen LogP contribution < -0.4 is 5.32 Å². The molecule has 0 aliphatic carbocycles. The van der Waals surface area contributed by atoms with Crippen LogP contribution in [0.5, 0.6) is 0 Å². The first-order valence-corrected chi connectivity index (χ1v) is 4.82. The Kier molecular flexibility index (Phi) is 2.43. The third-order valence-corrected chi connectivity index (χ3v) is 2.37. The van der Waals surface area contributed by atoms with Crippen LogP contribution in [0.2, 0.25) is 0 Å². The zero-order chi connectivity index (χ0) is 8.48. The van der Waals surface area contributed by atoms with E-state index in [1.54, 1.807) is 0 Å². The van der Waals surface area contributed by atoms with Gasteiger partial charge < -0.3 is 5.32 Å². The summed E-state index contributed by atoms with van der Waals surface area (Å²) in [6, 6.07) is -0.556. The van der Waals surface area contributed by atoms with Gasteiger partial charge in [0.05, 0.1) is 5.75 Å². The average molecular weight is 185 g/mol. The molecule has 1 saturated heterocycles. The fourth-order valence-electron chi connectivity index (χ4n) is 1.14. The van der Waals surface area contributed by atoms with Gasteiger partial charge in [0, 0.05) is 12.6 Å². The summed E-state index contributed by atoms with van der Waals surface area (Å²) in [5, 5.41) is 2.57. The van der Waals surface area contributed by atoms with E-state index in [0.717, 1.165) is 0 Å². The first-order valence-electron chi connectivity index (χ1n) is 3.27. The van der Waals surface area contributed by atoms with Crippen LogP contribution in [-0.4, -0.2) is 32.9 Å². The molecular formula is C5H9F2NO2S. The zero-order valence-electron chi connectivity index (χ0n) is 5.76. The maximum absolute atomic E-state index is 12.4. The molecule has 6 heteroatoms. The monoisotopic (exact) mass is 185 g/mol. The van der Waals surface area contributed by atoms with Crippen LogP contribution >= 0.6 is 0 Å². The number of hydrogen-bond acceptors (Lipinski definition) is 3. The second kappa shape index (κ2) is 3.02. The number of nitrogens with one attached hydrogen (secondary N) is 1. The van der Waals surface area contributed by atoms with E-state index in [1.165, 1.54) is 0 Å². The minimum absolute atomic E-state index is 0.0865. The van der Waals surface area contributed by atoms with Gasteiger partial charge in [0.1, 0.15) is 6.17 Å². The summed E-state index contributed by atoms with van der Waals surface area (Å²) < 4.78 is 44.5. The number of hydrogen-bond donors (Lipinski definition) is 1. The molecule has 0 aromatic rings. The molecule has 0 aromatic heterocycles. The van der Waals surface area contributed by atoms with Gasteiger partial charge in [0.2, 0.25) is 0 Å². The first-order chi connectivity index (χ1) is 4.97. The molecule has 2 unspecified atom stereocenters. The maximum atomic E-state index is 12.4. The average Bonchev–Trinajstić information content (AvgIpc) is 2.10. The fraction of sp³-hybridized carbons (Fsp3) is 1.00. The highest BCUT2D eigenvalue weighted by molar-refractivity contribution is 7.86. The van der Waals surface area contributed by atoms with Crippen molar-refractivity contribution in [2.45, 2.75) is 18.6 Å². The molecule has 0 radical (unpaired) electrons. The van der Waals surface area contributed by atoms with Gasteiger partial charge in [-0.05, 0) is 6.42 Å². The molecule has 1 heterocycles. The number of halogens is 2. The van der Waals surface area contributed by atoms with E-state index < -0.39 is 28.2 Å². The summed E-state index contributed by atoms with van der Waals surface area (Å²) >= 11 is 0.